The van der Waals surface area contributed by atoms with Gasteiger partial charge in [-0.2, -0.15) is 0 Å². The van der Waals surface area contributed by atoms with E-state index in [-0.39, 0.29) is 12.8 Å². The Morgan fingerprint density at radius 1 is 1.33 bits per heavy atom. The van der Waals surface area contributed by atoms with Crippen LogP contribution in [-0.4, -0.2) is 39.5 Å². The molecule has 0 aromatic rings. The molecule has 6 N–H and O–H groups in total. The molecular formula is C8H14N2O5. The third-order valence-corrected chi connectivity index (χ3v) is 1.96. The minimum absolute atomic E-state index is 0.131. The lowest BCUT2D eigenvalue weighted by atomic mass is 9.91. The number of hydrogen-bond acceptors (Lipinski definition) is 5. The van der Waals surface area contributed by atoms with Crippen LogP contribution in [0, 0.1) is 0 Å². The highest BCUT2D eigenvalue weighted by Crippen LogP contribution is 2.07. The van der Waals surface area contributed by atoms with Gasteiger partial charge >= 0.3 is 11.9 Å². The molecule has 0 aliphatic heterocycles. The maximum Gasteiger partial charge on any atom is 0.331 e. The van der Waals surface area contributed by atoms with Gasteiger partial charge in [-0.15, -0.1) is 0 Å². The van der Waals surface area contributed by atoms with Crippen LogP contribution < -0.4 is 11.5 Å². The Bertz CT molecular complexity index is 287. The number of hydrogen-bond donors (Lipinski definition) is 4. The van der Waals surface area contributed by atoms with Crippen LogP contribution in [0.5, 0.6) is 0 Å². The third-order valence-electron chi connectivity index (χ3n) is 1.96. The number of aliphatic carboxylic acids is 2. The molecule has 0 saturated heterocycles. The van der Waals surface area contributed by atoms with Crippen molar-refractivity contribution in [3.8, 4) is 0 Å². The molecular weight excluding hydrogens is 204 g/mol. The minimum Gasteiger partial charge on any atom is -0.481 e. The topological polar surface area (TPSA) is 144 Å². The van der Waals surface area contributed by atoms with Gasteiger partial charge in [0.2, 0.25) is 0 Å². The fourth-order valence-electron chi connectivity index (χ4n) is 0.901. The molecule has 0 rings (SSSR count). The van der Waals surface area contributed by atoms with Crippen molar-refractivity contribution in [2.45, 2.75) is 31.3 Å². The average Bonchev–Trinajstić information content (AvgIpc) is 2.12. The van der Waals surface area contributed by atoms with Crippen LogP contribution >= 0.6 is 0 Å². The number of carbonyl (C=O) groups excluding carboxylic acids is 1. The zero-order chi connectivity index (χ0) is 12.2. The van der Waals surface area contributed by atoms with E-state index in [1.807, 2.05) is 0 Å². The highest BCUT2D eigenvalue weighted by molar-refractivity contribution is 6.09. The number of carboxylic acids is 2. The standard InChI is InChI=1S/C8H14N2O5/c1-8(10,7(14)15)6(13)4(9)2-3-5(11)12/h4H,2-3,9-10H2,1H3,(H,11,12)(H,14,15). The fraction of sp³-hybridized carbons (Fsp3) is 0.625. The molecule has 86 valence electrons. The summed E-state index contributed by atoms with van der Waals surface area (Å²) in [6.07, 6.45) is -0.434. The van der Waals surface area contributed by atoms with Gasteiger partial charge < -0.3 is 21.7 Å². The van der Waals surface area contributed by atoms with Gasteiger partial charge in [0.05, 0.1) is 6.04 Å². The Kier molecular flexibility index (Phi) is 4.38. The summed E-state index contributed by atoms with van der Waals surface area (Å²) < 4.78 is 0. The number of carboxylic acid groups (broad SMARTS) is 2. The van der Waals surface area contributed by atoms with E-state index in [9.17, 15) is 14.4 Å². The first-order valence-corrected chi connectivity index (χ1v) is 4.23. The van der Waals surface area contributed by atoms with Crippen LogP contribution in [0.4, 0.5) is 0 Å². The van der Waals surface area contributed by atoms with Crippen LogP contribution in [0.3, 0.4) is 0 Å². The molecule has 15 heavy (non-hydrogen) atoms. The number of nitrogens with two attached hydrogens (primary N) is 2. The molecule has 0 spiro atoms. The van der Waals surface area contributed by atoms with Crippen molar-refractivity contribution < 1.29 is 24.6 Å². The molecule has 0 bridgehead atoms. The second kappa shape index (κ2) is 4.85. The zero-order valence-electron chi connectivity index (χ0n) is 8.27. The van der Waals surface area contributed by atoms with Gasteiger partial charge in [-0.25, -0.2) is 4.79 Å². The molecule has 0 aromatic carbocycles. The van der Waals surface area contributed by atoms with Gasteiger partial charge in [-0.3, -0.25) is 9.59 Å². The van der Waals surface area contributed by atoms with E-state index in [0.29, 0.717) is 0 Å². The molecule has 0 aromatic heterocycles. The van der Waals surface area contributed by atoms with E-state index in [0.717, 1.165) is 6.92 Å². The van der Waals surface area contributed by atoms with Gasteiger partial charge in [0, 0.05) is 6.42 Å². The molecule has 0 fully saturated rings. The van der Waals surface area contributed by atoms with E-state index >= 15 is 0 Å². The second-order valence-electron chi connectivity index (χ2n) is 3.41. The molecule has 0 aliphatic rings. The second-order valence-corrected chi connectivity index (χ2v) is 3.41. The Balaban J connectivity index is 4.44. The van der Waals surface area contributed by atoms with Crippen LogP contribution in [0.25, 0.3) is 0 Å². The zero-order valence-corrected chi connectivity index (χ0v) is 8.27. The lowest BCUT2D eigenvalue weighted by Crippen LogP contribution is -2.58. The normalized spacial score (nSPS) is 16.5. The van der Waals surface area contributed by atoms with E-state index < -0.39 is 29.3 Å². The van der Waals surface area contributed by atoms with Crippen LogP contribution in [0.1, 0.15) is 19.8 Å². The van der Waals surface area contributed by atoms with Crippen LogP contribution in [0.15, 0.2) is 0 Å². The quantitative estimate of drug-likeness (QED) is 0.399. The summed E-state index contributed by atoms with van der Waals surface area (Å²) in [6.45, 7) is 1.03. The van der Waals surface area contributed by atoms with Crippen molar-refractivity contribution in [1.82, 2.24) is 0 Å². The van der Waals surface area contributed by atoms with Gasteiger partial charge in [-0.05, 0) is 13.3 Å². The summed E-state index contributed by atoms with van der Waals surface area (Å²) in [7, 11) is 0. The number of rotatable bonds is 6. The fourth-order valence-corrected chi connectivity index (χ4v) is 0.901. The van der Waals surface area contributed by atoms with E-state index in [1.54, 1.807) is 0 Å². The monoisotopic (exact) mass is 218 g/mol. The average molecular weight is 218 g/mol. The van der Waals surface area contributed by atoms with Crippen molar-refractivity contribution in [3.63, 3.8) is 0 Å². The summed E-state index contributed by atoms with van der Waals surface area (Å²) in [5.41, 5.74) is 8.50. The van der Waals surface area contributed by atoms with Crippen LogP contribution in [0.2, 0.25) is 0 Å². The van der Waals surface area contributed by atoms with E-state index in [1.165, 1.54) is 0 Å². The van der Waals surface area contributed by atoms with Crippen molar-refractivity contribution >= 4 is 17.7 Å². The predicted octanol–water partition coefficient (Wildman–Crippen LogP) is -1.45. The molecule has 7 heteroatoms. The van der Waals surface area contributed by atoms with Crippen molar-refractivity contribution in [1.29, 1.82) is 0 Å². The first-order valence-electron chi connectivity index (χ1n) is 4.23. The lowest BCUT2D eigenvalue weighted by molar-refractivity contribution is -0.147. The molecule has 0 heterocycles. The van der Waals surface area contributed by atoms with Gasteiger partial charge in [0.15, 0.2) is 11.3 Å². The van der Waals surface area contributed by atoms with Gasteiger partial charge in [0.1, 0.15) is 0 Å². The Morgan fingerprint density at radius 3 is 2.13 bits per heavy atom. The summed E-state index contributed by atoms with van der Waals surface area (Å²) in [4.78, 5) is 32.2. The van der Waals surface area contributed by atoms with E-state index in [2.05, 4.69) is 0 Å². The van der Waals surface area contributed by atoms with Crippen molar-refractivity contribution in [2.24, 2.45) is 11.5 Å². The van der Waals surface area contributed by atoms with Crippen molar-refractivity contribution in [2.75, 3.05) is 0 Å². The Morgan fingerprint density at radius 2 is 1.80 bits per heavy atom. The number of carbonyl (C=O) groups is 3. The maximum atomic E-state index is 11.4. The van der Waals surface area contributed by atoms with Gasteiger partial charge in [0.25, 0.3) is 0 Å². The smallest absolute Gasteiger partial charge is 0.331 e. The predicted molar refractivity (Wildman–Crippen MR) is 50.1 cm³/mol. The largest absolute Gasteiger partial charge is 0.481 e. The SMILES string of the molecule is CC(N)(C(=O)O)C(=O)C(N)CCC(=O)O. The number of Topliss-reactive ketones (excluding diaryl/α,β-unsaturated/α-hetero) is 1. The molecule has 2 atom stereocenters. The highest BCUT2D eigenvalue weighted by Gasteiger charge is 2.39. The Labute approximate surface area is 86.0 Å². The van der Waals surface area contributed by atoms with Crippen LogP contribution in [-0.2, 0) is 14.4 Å². The molecule has 7 nitrogen and oxygen atoms in total. The van der Waals surface area contributed by atoms with E-state index in [4.69, 9.17) is 21.7 Å². The highest BCUT2D eigenvalue weighted by atomic mass is 16.4. The summed E-state index contributed by atoms with van der Waals surface area (Å²) in [6, 6.07) is -1.17. The summed E-state index contributed by atoms with van der Waals surface area (Å²) >= 11 is 0. The summed E-state index contributed by atoms with van der Waals surface area (Å²) in [5, 5.41) is 17.0. The minimum atomic E-state index is -2.07. The maximum absolute atomic E-state index is 11.4. The molecule has 0 aliphatic carbocycles. The van der Waals surface area contributed by atoms with Gasteiger partial charge in [-0.1, -0.05) is 0 Å². The first-order chi connectivity index (χ1) is 6.69. The third kappa shape index (κ3) is 3.64. The molecule has 2 unspecified atom stereocenters. The summed E-state index contributed by atoms with van der Waals surface area (Å²) in [5.74, 6) is -3.47. The molecule has 0 radical (unpaired) electrons. The molecule has 0 saturated carbocycles. The lowest BCUT2D eigenvalue weighted by Gasteiger charge is -2.21. The Hall–Kier alpha value is -1.47. The molecule has 0 amide bonds. The first kappa shape index (κ1) is 13.5. The number of ketones is 1. The van der Waals surface area contributed by atoms with Crippen molar-refractivity contribution in [3.05, 3.63) is 0 Å².